The van der Waals surface area contributed by atoms with E-state index in [-0.39, 0.29) is 17.9 Å². The fourth-order valence-electron chi connectivity index (χ4n) is 3.20. The summed E-state index contributed by atoms with van der Waals surface area (Å²) in [7, 11) is 2.03. The van der Waals surface area contributed by atoms with Crippen LogP contribution in [-0.2, 0) is 12.5 Å². The number of rotatable bonds is 0. The second-order valence-electron chi connectivity index (χ2n) is 5.28. The number of alkyl halides is 2. The molecule has 1 heterocycles. The third-order valence-electron chi connectivity index (χ3n) is 3.87. The first-order chi connectivity index (χ1) is 7.97. The number of nitrogens with two attached hydrogens (primary N) is 1. The minimum atomic E-state index is -2.70. The van der Waals surface area contributed by atoms with Crippen molar-refractivity contribution < 1.29 is 8.78 Å². The van der Waals surface area contributed by atoms with Gasteiger partial charge < -0.3 is 10.6 Å². The third-order valence-corrected chi connectivity index (χ3v) is 3.87. The van der Waals surface area contributed by atoms with Crippen molar-refractivity contribution in [2.24, 2.45) is 0 Å². The summed E-state index contributed by atoms with van der Waals surface area (Å²) in [5, 5.41) is 0. The maximum Gasteiger partial charge on any atom is 0.273 e. The number of halogens is 2. The average Bonchev–Trinajstić information content (AvgIpc) is 2.22. The highest BCUT2D eigenvalue weighted by Gasteiger charge is 2.43. The molecule has 0 radical (unpaired) electrons. The Kier molecular flexibility index (Phi) is 2.20. The predicted octanol–water partition coefficient (Wildman–Crippen LogP) is 2.68. The van der Waals surface area contributed by atoms with Gasteiger partial charge in [0.05, 0.1) is 0 Å². The summed E-state index contributed by atoms with van der Waals surface area (Å²) in [5.74, 6) is -2.45. The van der Waals surface area contributed by atoms with E-state index >= 15 is 0 Å². The molecule has 1 aromatic rings. The van der Waals surface area contributed by atoms with Crippen LogP contribution < -0.4 is 5.73 Å². The Morgan fingerprint density at radius 3 is 2.94 bits per heavy atom. The molecule has 2 aliphatic rings. The molecule has 0 saturated carbocycles. The second kappa shape index (κ2) is 3.42. The van der Waals surface area contributed by atoms with Crippen molar-refractivity contribution in [1.29, 1.82) is 0 Å². The van der Waals surface area contributed by atoms with E-state index in [0.717, 1.165) is 24.2 Å². The van der Waals surface area contributed by atoms with E-state index in [2.05, 4.69) is 4.90 Å². The zero-order valence-electron chi connectivity index (χ0n) is 9.84. The highest BCUT2D eigenvalue weighted by atomic mass is 19.3. The molecule has 2 nitrogen and oxygen atoms in total. The Hall–Kier alpha value is -1.16. The van der Waals surface area contributed by atoms with Gasteiger partial charge >= 0.3 is 0 Å². The predicted molar refractivity (Wildman–Crippen MR) is 63.1 cm³/mol. The summed E-state index contributed by atoms with van der Waals surface area (Å²) in [6, 6.07) is 3.32. The van der Waals surface area contributed by atoms with Crippen LogP contribution in [0.15, 0.2) is 12.1 Å². The van der Waals surface area contributed by atoms with E-state index in [1.165, 1.54) is 6.07 Å². The molecule has 0 spiro atoms. The molecule has 1 aromatic carbocycles. The lowest BCUT2D eigenvalue weighted by Gasteiger charge is -2.39. The highest BCUT2D eigenvalue weighted by molar-refractivity contribution is 5.54. The number of anilines is 1. The molecule has 17 heavy (non-hydrogen) atoms. The fraction of sp³-hybridized carbons (Fsp3) is 0.538. The lowest BCUT2D eigenvalue weighted by Crippen LogP contribution is -2.36. The molecule has 1 atom stereocenters. The quantitative estimate of drug-likeness (QED) is 0.704. The molecule has 0 saturated heterocycles. The molecular formula is C13H16F2N2. The number of nitrogens with zero attached hydrogens (tertiary/aromatic N) is 1. The molecule has 1 aliphatic carbocycles. The normalized spacial score (nSPS) is 26.6. The van der Waals surface area contributed by atoms with Crippen molar-refractivity contribution in [1.82, 2.24) is 4.90 Å². The summed E-state index contributed by atoms with van der Waals surface area (Å²) in [6.07, 6.45) is 0.517. The van der Waals surface area contributed by atoms with Gasteiger partial charge in [-0.25, -0.2) is 8.78 Å². The molecule has 3 rings (SSSR count). The Morgan fingerprint density at radius 1 is 1.41 bits per heavy atom. The summed E-state index contributed by atoms with van der Waals surface area (Å²) in [4.78, 5) is 2.18. The van der Waals surface area contributed by atoms with Crippen LogP contribution in [0.5, 0.6) is 0 Å². The number of hydrogen-bond donors (Lipinski definition) is 1. The summed E-state index contributed by atoms with van der Waals surface area (Å²) < 4.78 is 27.8. The van der Waals surface area contributed by atoms with Gasteiger partial charge in [0.25, 0.3) is 5.92 Å². The van der Waals surface area contributed by atoms with Gasteiger partial charge in [-0.15, -0.1) is 0 Å². The molecule has 2 N–H and O–H groups in total. The average molecular weight is 238 g/mol. The SMILES string of the molecule is CN1Cc2cc(N)cc3c2[C@H](CCC3(F)F)C1. The molecule has 0 bridgehead atoms. The van der Waals surface area contributed by atoms with Gasteiger partial charge in [0.1, 0.15) is 0 Å². The number of benzene rings is 1. The van der Waals surface area contributed by atoms with Crippen LogP contribution >= 0.6 is 0 Å². The number of nitrogen functional groups attached to an aromatic ring is 1. The van der Waals surface area contributed by atoms with Crippen molar-refractivity contribution in [3.63, 3.8) is 0 Å². The van der Waals surface area contributed by atoms with Crippen LogP contribution in [0, 0.1) is 0 Å². The Bertz CT molecular complexity index is 471. The first kappa shape index (κ1) is 11.0. The molecule has 0 amide bonds. The minimum absolute atomic E-state index is 0.0542. The zero-order valence-corrected chi connectivity index (χ0v) is 9.84. The molecule has 0 fully saturated rings. The van der Waals surface area contributed by atoms with E-state index in [9.17, 15) is 8.78 Å². The van der Waals surface area contributed by atoms with Crippen LogP contribution in [0.2, 0.25) is 0 Å². The monoisotopic (exact) mass is 238 g/mol. The largest absolute Gasteiger partial charge is 0.399 e. The second-order valence-corrected chi connectivity index (χ2v) is 5.28. The lowest BCUT2D eigenvalue weighted by atomic mass is 9.76. The number of hydrogen-bond acceptors (Lipinski definition) is 2. The lowest BCUT2D eigenvalue weighted by molar-refractivity contribution is -0.0278. The number of likely N-dealkylation sites (N-methyl/N-ethyl adjacent to an activating group) is 1. The molecule has 4 heteroatoms. The van der Waals surface area contributed by atoms with E-state index in [0.29, 0.717) is 12.1 Å². The topological polar surface area (TPSA) is 29.3 Å². The van der Waals surface area contributed by atoms with E-state index in [1.807, 2.05) is 13.1 Å². The van der Waals surface area contributed by atoms with Crippen molar-refractivity contribution in [3.8, 4) is 0 Å². The molecule has 0 unspecified atom stereocenters. The van der Waals surface area contributed by atoms with Crippen molar-refractivity contribution in [2.75, 3.05) is 19.3 Å². The standard InChI is InChI=1S/C13H16F2N2/c1-17-6-8-2-3-13(14,15)11-5-10(16)4-9(7-17)12(8)11/h4-5,8H,2-3,6-7,16H2,1H3/t8-/m1/s1. The van der Waals surface area contributed by atoms with Crippen molar-refractivity contribution in [2.45, 2.75) is 31.2 Å². The maximum atomic E-state index is 13.9. The van der Waals surface area contributed by atoms with Gasteiger partial charge in [-0.2, -0.15) is 0 Å². The minimum Gasteiger partial charge on any atom is -0.399 e. The molecule has 0 aromatic heterocycles. The van der Waals surface area contributed by atoms with E-state index in [1.54, 1.807) is 0 Å². The van der Waals surface area contributed by atoms with Crippen LogP contribution in [0.4, 0.5) is 14.5 Å². The van der Waals surface area contributed by atoms with Gasteiger partial charge in [0.15, 0.2) is 0 Å². The summed E-state index contributed by atoms with van der Waals surface area (Å²) >= 11 is 0. The van der Waals surface area contributed by atoms with Gasteiger partial charge in [-0.05, 0) is 42.6 Å². The van der Waals surface area contributed by atoms with Gasteiger partial charge in [-0.1, -0.05) is 0 Å². The smallest absolute Gasteiger partial charge is 0.273 e. The Morgan fingerprint density at radius 2 is 2.18 bits per heavy atom. The van der Waals surface area contributed by atoms with Crippen LogP contribution in [0.25, 0.3) is 0 Å². The van der Waals surface area contributed by atoms with Gasteiger partial charge in [0.2, 0.25) is 0 Å². The first-order valence-corrected chi connectivity index (χ1v) is 5.96. The summed E-state index contributed by atoms with van der Waals surface area (Å²) in [6.45, 7) is 1.60. The third kappa shape index (κ3) is 1.62. The van der Waals surface area contributed by atoms with Crippen molar-refractivity contribution >= 4 is 5.69 Å². The highest BCUT2D eigenvalue weighted by Crippen LogP contribution is 2.48. The van der Waals surface area contributed by atoms with E-state index in [4.69, 9.17) is 5.73 Å². The van der Waals surface area contributed by atoms with Crippen molar-refractivity contribution in [3.05, 3.63) is 28.8 Å². The van der Waals surface area contributed by atoms with Crippen LogP contribution in [0.1, 0.15) is 35.4 Å². The zero-order chi connectivity index (χ0) is 12.2. The summed E-state index contributed by atoms with van der Waals surface area (Å²) in [5.41, 5.74) is 8.23. The molecule has 1 aliphatic heterocycles. The maximum absolute atomic E-state index is 13.9. The fourth-order valence-corrected chi connectivity index (χ4v) is 3.20. The molecule has 92 valence electrons. The van der Waals surface area contributed by atoms with Gasteiger partial charge in [0, 0.05) is 30.8 Å². The van der Waals surface area contributed by atoms with E-state index < -0.39 is 5.92 Å². The van der Waals surface area contributed by atoms with Crippen LogP contribution in [0.3, 0.4) is 0 Å². The Labute approximate surface area is 99.4 Å². The van der Waals surface area contributed by atoms with Gasteiger partial charge in [-0.3, -0.25) is 0 Å². The van der Waals surface area contributed by atoms with Crippen LogP contribution in [-0.4, -0.2) is 18.5 Å². The molecular weight excluding hydrogens is 222 g/mol. The first-order valence-electron chi connectivity index (χ1n) is 5.96. The Balaban J connectivity index is 2.22.